The summed E-state index contributed by atoms with van der Waals surface area (Å²) in [5, 5.41) is 0. The number of rotatable bonds is 5. The number of anilines is 1. The van der Waals surface area contributed by atoms with E-state index in [2.05, 4.69) is 10.5 Å². The number of hydrogen-bond donors (Lipinski definition) is 2. The number of carbonyl (C=O) groups is 1. The quantitative estimate of drug-likeness (QED) is 0.488. The summed E-state index contributed by atoms with van der Waals surface area (Å²) in [5.74, 6) is 0. The Bertz CT molecular complexity index is 753. The summed E-state index contributed by atoms with van der Waals surface area (Å²) < 4.78 is 26.8. The zero-order chi connectivity index (χ0) is 15.3. The predicted octanol–water partition coefficient (Wildman–Crippen LogP) is 1.32. The molecule has 0 radical (unpaired) electrons. The van der Waals surface area contributed by atoms with Gasteiger partial charge in [-0.25, -0.2) is 8.42 Å². The van der Waals surface area contributed by atoms with E-state index in [1.54, 1.807) is 30.4 Å². The van der Waals surface area contributed by atoms with Gasteiger partial charge in [-0.3, -0.25) is 0 Å². The fourth-order valence-electron chi connectivity index (χ4n) is 1.71. The molecule has 0 aliphatic heterocycles. The molecule has 0 saturated carbocycles. The zero-order valence-corrected chi connectivity index (χ0v) is 11.9. The van der Waals surface area contributed by atoms with Gasteiger partial charge in [0.1, 0.15) is 12.3 Å². The monoisotopic (exact) mass is 302 g/mol. The Labute approximate surface area is 123 Å². The van der Waals surface area contributed by atoms with Crippen LogP contribution >= 0.6 is 0 Å². The number of hydrogen-bond acceptors (Lipinski definition) is 4. The first kappa shape index (κ1) is 15.0. The molecule has 0 saturated heterocycles. The minimum atomic E-state index is -3.82. The number of benzene rings is 1. The summed E-state index contributed by atoms with van der Waals surface area (Å²) in [4.78, 5) is 11.2. The first-order valence-corrected chi connectivity index (χ1v) is 7.64. The van der Waals surface area contributed by atoms with Crippen LogP contribution in [0, 0.1) is 0 Å². The molecule has 21 heavy (non-hydrogen) atoms. The molecule has 1 atom stereocenters. The molecule has 0 bridgehead atoms. The summed E-state index contributed by atoms with van der Waals surface area (Å²) in [6.45, 7) is 0. The normalized spacial score (nSPS) is 15.3. The average molecular weight is 302 g/mol. The lowest BCUT2D eigenvalue weighted by atomic mass is 10.1. The van der Waals surface area contributed by atoms with Gasteiger partial charge in [0.25, 0.3) is 0 Å². The molecule has 5 nitrogen and oxygen atoms in total. The summed E-state index contributed by atoms with van der Waals surface area (Å²) in [5.41, 5.74) is 9.28. The van der Waals surface area contributed by atoms with Crippen LogP contribution in [0.2, 0.25) is 0 Å². The standard InChI is InChI=1S/C15H14N2O3S/c16-13-7-9-14(10-8-13)21(19,20)17-15(11-18)12-5-3-1-2-4-6-12/h1-5,7-11,15,17H,16H2. The molecule has 1 aromatic rings. The molecule has 0 aromatic heterocycles. The summed E-state index contributed by atoms with van der Waals surface area (Å²) in [7, 11) is -3.82. The van der Waals surface area contributed by atoms with Crippen LogP contribution in [0.25, 0.3) is 0 Å². The van der Waals surface area contributed by atoms with Crippen LogP contribution in [0.3, 0.4) is 0 Å². The largest absolute Gasteiger partial charge is 0.399 e. The van der Waals surface area contributed by atoms with Gasteiger partial charge in [-0.2, -0.15) is 4.72 Å². The highest BCUT2D eigenvalue weighted by molar-refractivity contribution is 7.89. The molecule has 0 amide bonds. The minimum absolute atomic E-state index is 0.0452. The second kappa shape index (κ2) is 6.37. The molecule has 0 heterocycles. The topological polar surface area (TPSA) is 89.3 Å². The van der Waals surface area contributed by atoms with Gasteiger partial charge >= 0.3 is 0 Å². The third-order valence-electron chi connectivity index (χ3n) is 2.79. The van der Waals surface area contributed by atoms with Gasteiger partial charge in [0.05, 0.1) is 4.90 Å². The second-order valence-corrected chi connectivity index (χ2v) is 6.03. The Kier molecular flexibility index (Phi) is 4.55. The van der Waals surface area contributed by atoms with Crippen LogP contribution in [-0.4, -0.2) is 20.7 Å². The van der Waals surface area contributed by atoms with Gasteiger partial charge in [0.2, 0.25) is 10.0 Å². The van der Waals surface area contributed by atoms with Crippen molar-refractivity contribution in [2.45, 2.75) is 10.9 Å². The summed E-state index contributed by atoms with van der Waals surface area (Å²) in [6.07, 6.45) is 8.98. The molecular formula is C15H14N2O3S. The fourth-order valence-corrected chi connectivity index (χ4v) is 2.86. The molecule has 108 valence electrons. The smallest absolute Gasteiger partial charge is 0.241 e. The molecule has 1 aliphatic carbocycles. The van der Waals surface area contributed by atoms with Crippen LogP contribution in [0.15, 0.2) is 70.8 Å². The van der Waals surface area contributed by atoms with E-state index < -0.39 is 16.1 Å². The number of nitrogen functional groups attached to an aromatic ring is 1. The minimum Gasteiger partial charge on any atom is -0.399 e. The van der Waals surface area contributed by atoms with E-state index in [0.29, 0.717) is 17.5 Å². The lowest BCUT2D eigenvalue weighted by Gasteiger charge is -2.13. The zero-order valence-electron chi connectivity index (χ0n) is 11.1. The van der Waals surface area contributed by atoms with Crippen molar-refractivity contribution in [3.63, 3.8) is 0 Å². The Morgan fingerprint density at radius 2 is 1.86 bits per heavy atom. The molecule has 0 spiro atoms. The first-order chi connectivity index (χ1) is 10.0. The van der Waals surface area contributed by atoms with Crippen molar-refractivity contribution in [1.82, 2.24) is 4.72 Å². The number of carbonyl (C=O) groups excluding carboxylic acids is 1. The van der Waals surface area contributed by atoms with Crippen molar-refractivity contribution in [3.05, 3.63) is 65.9 Å². The molecule has 1 aliphatic rings. The number of aldehydes is 1. The molecule has 2 rings (SSSR count). The number of nitrogens with one attached hydrogen (secondary N) is 1. The molecular weight excluding hydrogens is 288 g/mol. The van der Waals surface area contributed by atoms with Gasteiger partial charge in [0.15, 0.2) is 0 Å². The van der Waals surface area contributed by atoms with Crippen LogP contribution in [0.1, 0.15) is 0 Å². The Hall–Kier alpha value is -2.40. The van der Waals surface area contributed by atoms with E-state index in [-0.39, 0.29) is 4.90 Å². The summed E-state index contributed by atoms with van der Waals surface area (Å²) >= 11 is 0. The Morgan fingerprint density at radius 3 is 2.52 bits per heavy atom. The van der Waals surface area contributed by atoms with Crippen LogP contribution in [-0.2, 0) is 14.8 Å². The van der Waals surface area contributed by atoms with Gasteiger partial charge in [0, 0.05) is 11.3 Å². The third-order valence-corrected chi connectivity index (χ3v) is 4.24. The van der Waals surface area contributed by atoms with Crippen molar-refractivity contribution in [3.8, 4) is 0 Å². The van der Waals surface area contributed by atoms with Crippen molar-refractivity contribution in [2.24, 2.45) is 0 Å². The van der Waals surface area contributed by atoms with Crippen molar-refractivity contribution in [2.75, 3.05) is 5.73 Å². The maximum absolute atomic E-state index is 12.2. The van der Waals surface area contributed by atoms with E-state index >= 15 is 0 Å². The Morgan fingerprint density at radius 1 is 1.14 bits per heavy atom. The van der Waals surface area contributed by atoms with Crippen LogP contribution < -0.4 is 10.5 Å². The molecule has 6 heteroatoms. The third kappa shape index (κ3) is 3.79. The summed E-state index contributed by atoms with van der Waals surface area (Å²) in [6, 6.07) is 4.74. The lowest BCUT2D eigenvalue weighted by Crippen LogP contribution is -2.36. The van der Waals surface area contributed by atoms with E-state index in [1.807, 2.05) is 0 Å². The van der Waals surface area contributed by atoms with Crippen LogP contribution in [0.5, 0.6) is 0 Å². The number of sulfonamides is 1. The van der Waals surface area contributed by atoms with Gasteiger partial charge in [-0.1, -0.05) is 18.2 Å². The van der Waals surface area contributed by atoms with E-state index in [4.69, 9.17) is 5.73 Å². The molecule has 1 unspecified atom stereocenters. The number of nitrogens with two attached hydrogens (primary N) is 1. The predicted molar refractivity (Wildman–Crippen MR) is 80.9 cm³/mol. The van der Waals surface area contributed by atoms with Crippen LogP contribution in [0.4, 0.5) is 5.69 Å². The highest BCUT2D eigenvalue weighted by Gasteiger charge is 2.21. The van der Waals surface area contributed by atoms with Crippen molar-refractivity contribution in [1.29, 1.82) is 0 Å². The van der Waals surface area contributed by atoms with E-state index in [1.165, 1.54) is 24.3 Å². The molecule has 1 aromatic carbocycles. The van der Waals surface area contributed by atoms with Crippen molar-refractivity contribution < 1.29 is 13.2 Å². The SMILES string of the molecule is Nc1ccc(S(=O)(=O)NC(C=O)C2=C=CC=CC=C2)cc1. The maximum atomic E-state index is 12.2. The molecule has 3 N–H and O–H groups in total. The average Bonchev–Trinajstić information content (AvgIpc) is 2.74. The highest BCUT2D eigenvalue weighted by Crippen LogP contribution is 2.14. The van der Waals surface area contributed by atoms with Gasteiger partial charge in [-0.05, 0) is 36.4 Å². The maximum Gasteiger partial charge on any atom is 0.241 e. The fraction of sp³-hybridized carbons (Fsp3) is 0.0667. The van der Waals surface area contributed by atoms with Gasteiger partial charge < -0.3 is 10.5 Å². The second-order valence-electron chi connectivity index (χ2n) is 4.31. The number of allylic oxidation sites excluding steroid dienone is 3. The Balaban J connectivity index is 2.28. The van der Waals surface area contributed by atoms with Crippen molar-refractivity contribution >= 4 is 22.0 Å². The van der Waals surface area contributed by atoms with E-state index in [0.717, 1.165) is 0 Å². The lowest BCUT2D eigenvalue weighted by molar-refractivity contribution is -0.108. The van der Waals surface area contributed by atoms with E-state index in [9.17, 15) is 13.2 Å². The highest BCUT2D eigenvalue weighted by atomic mass is 32.2. The van der Waals surface area contributed by atoms with Gasteiger partial charge in [-0.15, -0.1) is 5.73 Å². The molecule has 0 fully saturated rings. The first-order valence-electron chi connectivity index (χ1n) is 6.16.